The molecule has 0 spiro atoms. The van der Waals surface area contributed by atoms with Crippen LogP contribution in [0, 0.1) is 6.92 Å². The summed E-state index contributed by atoms with van der Waals surface area (Å²) in [6.45, 7) is 1.98. The van der Waals surface area contributed by atoms with E-state index in [1.165, 1.54) is 18.4 Å². The highest BCUT2D eigenvalue weighted by Gasteiger charge is 2.30. The molecule has 30 heavy (non-hydrogen) atoms. The fraction of sp³-hybridized carbons (Fsp3) is 0.174. The number of thiazole rings is 1. The fourth-order valence-electron chi connectivity index (χ4n) is 3.33. The predicted octanol–water partition coefficient (Wildman–Crippen LogP) is 5.37. The minimum absolute atomic E-state index is 0.156. The van der Waals surface area contributed by atoms with Gasteiger partial charge in [0.05, 0.1) is 25.0 Å². The Morgan fingerprint density at radius 2 is 2.00 bits per heavy atom. The molecule has 152 valence electrons. The number of aryl methyl sites for hydroxylation is 1. The van der Waals surface area contributed by atoms with Crippen molar-refractivity contribution in [2.75, 3.05) is 12.4 Å². The van der Waals surface area contributed by atoms with Crippen LogP contribution >= 0.6 is 11.3 Å². The maximum atomic E-state index is 12.5. The molecule has 1 atom stereocenters. The molecule has 2 N–H and O–H groups in total. The molecule has 0 aliphatic rings. The summed E-state index contributed by atoms with van der Waals surface area (Å²) in [6.07, 6.45) is 2.10. The first-order valence-corrected chi connectivity index (χ1v) is 10.3. The molecule has 0 radical (unpaired) electrons. The number of ether oxygens (including phenoxy) is 1. The second kappa shape index (κ2) is 8.51. The molecular formula is C23H21N2O4S+. The summed E-state index contributed by atoms with van der Waals surface area (Å²) in [7, 11) is 1.35. The van der Waals surface area contributed by atoms with Gasteiger partial charge in [0.1, 0.15) is 5.75 Å². The van der Waals surface area contributed by atoms with Crippen molar-refractivity contribution >= 4 is 33.4 Å². The molecule has 0 saturated heterocycles. The van der Waals surface area contributed by atoms with E-state index >= 15 is 0 Å². The van der Waals surface area contributed by atoms with E-state index in [0.29, 0.717) is 28.9 Å². The summed E-state index contributed by atoms with van der Waals surface area (Å²) in [5.74, 6) is 0.152. The third-order valence-electron chi connectivity index (χ3n) is 4.78. The van der Waals surface area contributed by atoms with Crippen LogP contribution in [0.2, 0.25) is 0 Å². The van der Waals surface area contributed by atoms with Crippen LogP contribution in [0.4, 0.5) is 5.13 Å². The lowest BCUT2D eigenvalue weighted by atomic mass is 9.98. The van der Waals surface area contributed by atoms with Crippen LogP contribution in [0.15, 0.2) is 65.2 Å². The van der Waals surface area contributed by atoms with Gasteiger partial charge >= 0.3 is 17.3 Å². The molecule has 0 bridgehead atoms. The van der Waals surface area contributed by atoms with Gasteiger partial charge < -0.3 is 15.2 Å². The molecule has 0 amide bonds. The minimum atomic E-state index is -0.472. The number of methoxy groups -OCH3 is 1. The Kier molecular flexibility index (Phi) is 5.63. The Labute approximate surface area is 177 Å². The average molecular weight is 421 g/mol. The second-order valence-corrected chi connectivity index (χ2v) is 8.08. The van der Waals surface area contributed by atoms with Crippen LogP contribution in [0.3, 0.4) is 0 Å². The molecule has 0 saturated carbocycles. The van der Waals surface area contributed by atoms with Crippen molar-refractivity contribution in [3.05, 3.63) is 82.6 Å². The van der Waals surface area contributed by atoms with Crippen molar-refractivity contribution in [2.24, 2.45) is 0 Å². The third-order valence-corrected chi connectivity index (χ3v) is 5.62. The van der Waals surface area contributed by atoms with Crippen molar-refractivity contribution in [2.45, 2.75) is 19.4 Å². The van der Waals surface area contributed by atoms with Crippen molar-refractivity contribution < 1.29 is 19.1 Å². The van der Waals surface area contributed by atoms with Gasteiger partial charge in [-0.3, -0.25) is 0 Å². The van der Waals surface area contributed by atoms with Gasteiger partial charge in [-0.1, -0.05) is 30.3 Å². The summed E-state index contributed by atoms with van der Waals surface area (Å²) in [5, 5.41) is 15.4. The molecule has 2 aromatic heterocycles. The first-order chi connectivity index (χ1) is 14.5. The van der Waals surface area contributed by atoms with E-state index in [1.54, 1.807) is 24.4 Å². The number of aromatic hydroxyl groups is 1. The number of para-hydroxylation sites is 2. The second-order valence-electron chi connectivity index (χ2n) is 6.85. The number of nitrogens with one attached hydrogen (secondary N) is 1. The number of benzene rings is 2. The van der Waals surface area contributed by atoms with Gasteiger partial charge in [0.2, 0.25) is 0 Å². The number of phenols is 1. The fourth-order valence-corrected chi connectivity index (χ4v) is 4.04. The molecule has 1 unspecified atom stereocenters. The topological polar surface area (TPSA) is 82.8 Å². The highest BCUT2D eigenvalue weighted by molar-refractivity contribution is 7.15. The molecule has 7 heteroatoms. The summed E-state index contributed by atoms with van der Waals surface area (Å²) in [4.78, 5) is 17.9. The number of nitrogens with zero attached hydrogens (tertiary/aromatic N) is 1. The number of phenolic OH excluding ortho intramolecular Hbond substituents is 1. The number of carbonyl (C=O) groups excluding carboxylic acids is 1. The van der Waals surface area contributed by atoms with Gasteiger partial charge in [0.25, 0.3) is 0 Å². The zero-order chi connectivity index (χ0) is 21.1. The maximum Gasteiger partial charge on any atom is 0.360 e. The van der Waals surface area contributed by atoms with Gasteiger partial charge in [0, 0.05) is 22.7 Å². The van der Waals surface area contributed by atoms with Gasteiger partial charge in [-0.05, 0) is 25.1 Å². The Morgan fingerprint density at radius 3 is 2.73 bits per heavy atom. The number of hydrogen-bond donors (Lipinski definition) is 2. The predicted molar refractivity (Wildman–Crippen MR) is 117 cm³/mol. The van der Waals surface area contributed by atoms with Crippen LogP contribution in [0.25, 0.3) is 11.0 Å². The number of anilines is 1. The highest BCUT2D eigenvalue weighted by atomic mass is 32.1. The standard InChI is InChI=1S/C23H20N2O4S/c1-14-13-24-23(30-14)25-18(16-8-4-5-9-19(16)26)12-21-17(22(27)28-2)11-15-7-3-6-10-20(15)29-21/h3-11,13,18H,12H2,1-2H3,(H-,24,25,26)/p+1. The monoisotopic (exact) mass is 421 g/mol. The number of esters is 1. The number of rotatable bonds is 6. The van der Waals surface area contributed by atoms with E-state index < -0.39 is 5.97 Å². The van der Waals surface area contributed by atoms with E-state index in [2.05, 4.69) is 10.3 Å². The Morgan fingerprint density at radius 1 is 1.23 bits per heavy atom. The van der Waals surface area contributed by atoms with Gasteiger partial charge in [-0.25, -0.2) is 14.2 Å². The summed E-state index contributed by atoms with van der Waals surface area (Å²) in [6, 6.07) is 16.0. The molecule has 0 fully saturated rings. The minimum Gasteiger partial charge on any atom is -0.508 e. The molecule has 0 aliphatic heterocycles. The van der Waals surface area contributed by atoms with Crippen molar-refractivity contribution in [1.29, 1.82) is 0 Å². The highest BCUT2D eigenvalue weighted by Crippen LogP contribution is 2.33. The van der Waals surface area contributed by atoms with E-state index in [1.807, 2.05) is 43.3 Å². The SMILES string of the molecule is COC(=O)c1cc2ccccc2[o+]c1CC(Nc1ncc(C)s1)c1ccccc1O. The van der Waals surface area contributed by atoms with Gasteiger partial charge in [0.15, 0.2) is 10.7 Å². The number of carbonyl (C=O) groups is 1. The lowest BCUT2D eigenvalue weighted by Crippen LogP contribution is -2.16. The van der Waals surface area contributed by atoms with Gasteiger partial charge in [-0.2, -0.15) is 0 Å². The first-order valence-electron chi connectivity index (χ1n) is 9.45. The van der Waals surface area contributed by atoms with Crippen molar-refractivity contribution in [3.8, 4) is 5.75 Å². The third kappa shape index (κ3) is 4.11. The number of hydrogen-bond acceptors (Lipinski definition) is 6. The lowest BCUT2D eigenvalue weighted by Gasteiger charge is -2.17. The molecule has 6 nitrogen and oxygen atoms in total. The summed E-state index contributed by atoms with van der Waals surface area (Å²) >= 11 is 1.52. The Hall–Kier alpha value is -3.45. The molecule has 4 rings (SSSR count). The molecule has 0 aliphatic carbocycles. The summed E-state index contributed by atoms with van der Waals surface area (Å²) in [5.41, 5.74) is 1.71. The number of aromatic nitrogens is 1. The quantitative estimate of drug-likeness (QED) is 0.322. The zero-order valence-corrected chi connectivity index (χ0v) is 17.4. The largest absolute Gasteiger partial charge is 0.508 e. The van der Waals surface area contributed by atoms with Crippen molar-refractivity contribution in [3.63, 3.8) is 0 Å². The normalized spacial score (nSPS) is 11.9. The van der Waals surface area contributed by atoms with E-state index in [4.69, 9.17) is 9.15 Å². The van der Waals surface area contributed by atoms with E-state index in [9.17, 15) is 9.90 Å². The molecule has 2 aromatic carbocycles. The summed E-state index contributed by atoms with van der Waals surface area (Å²) < 4.78 is 11.1. The Balaban J connectivity index is 1.79. The van der Waals surface area contributed by atoms with E-state index in [0.717, 1.165) is 15.4 Å². The molecule has 2 heterocycles. The first kappa shape index (κ1) is 19.8. The van der Waals surface area contributed by atoms with Crippen LogP contribution in [-0.2, 0) is 11.2 Å². The lowest BCUT2D eigenvalue weighted by molar-refractivity contribution is 0.0596. The molecule has 4 aromatic rings. The smallest absolute Gasteiger partial charge is 0.360 e. The zero-order valence-electron chi connectivity index (χ0n) is 16.6. The van der Waals surface area contributed by atoms with Crippen LogP contribution in [0.1, 0.15) is 32.6 Å². The number of fused-ring (bicyclic) bond motifs is 1. The van der Waals surface area contributed by atoms with Crippen LogP contribution < -0.4 is 5.32 Å². The average Bonchev–Trinajstić information content (AvgIpc) is 3.17. The van der Waals surface area contributed by atoms with Crippen molar-refractivity contribution in [1.82, 2.24) is 4.98 Å². The maximum absolute atomic E-state index is 12.5. The van der Waals surface area contributed by atoms with Crippen LogP contribution in [-0.4, -0.2) is 23.2 Å². The molecular weight excluding hydrogens is 400 g/mol. The van der Waals surface area contributed by atoms with Crippen LogP contribution in [0.5, 0.6) is 5.75 Å². The van der Waals surface area contributed by atoms with Gasteiger partial charge in [-0.15, -0.1) is 11.3 Å². The van der Waals surface area contributed by atoms with E-state index in [-0.39, 0.29) is 11.8 Å². The Bertz CT molecular complexity index is 1200.